The lowest BCUT2D eigenvalue weighted by Gasteiger charge is -2.50. The molecule has 0 saturated carbocycles. The summed E-state index contributed by atoms with van der Waals surface area (Å²) < 4.78 is 7.77. The van der Waals surface area contributed by atoms with E-state index in [0.29, 0.717) is 24.4 Å². The first kappa shape index (κ1) is 29.1. The van der Waals surface area contributed by atoms with Crippen LogP contribution in [-0.2, 0) is 25.8 Å². The molecule has 5 rings (SSSR count). The van der Waals surface area contributed by atoms with E-state index in [1.54, 1.807) is 0 Å². The summed E-state index contributed by atoms with van der Waals surface area (Å²) in [5.74, 6) is -1.71. The molecule has 3 aromatic heterocycles. The van der Waals surface area contributed by atoms with Gasteiger partial charge in [0.25, 0.3) is 11.8 Å². The van der Waals surface area contributed by atoms with Crippen LogP contribution in [0, 0.1) is 0 Å². The molecule has 5 heterocycles. The van der Waals surface area contributed by atoms with Gasteiger partial charge in [-0.3, -0.25) is 19.1 Å². The number of carboxylic acids is 1. The Hall–Kier alpha value is -3.93. The second-order valence-electron chi connectivity index (χ2n) is 8.46. The normalized spacial score (nSPS) is 18.6. The van der Waals surface area contributed by atoms with Gasteiger partial charge in [0, 0.05) is 36.0 Å². The van der Waals surface area contributed by atoms with Crippen molar-refractivity contribution in [2.75, 3.05) is 37.0 Å². The molecule has 3 aromatic rings. The fraction of sp³-hybridized carbons (Fsp3) is 0.318. The number of nitrogens with zero attached hydrogens (tertiary/aromatic N) is 6. The number of imidazole rings is 1. The number of aromatic nitrogens is 4. The molecule has 2 atom stereocenters. The number of halogens is 1. The van der Waals surface area contributed by atoms with Crippen LogP contribution in [0.1, 0.15) is 5.82 Å². The Labute approximate surface area is 241 Å². The Balaban J connectivity index is 0.00000370. The number of anilines is 2. The first-order valence-electron chi connectivity index (χ1n) is 11.7. The van der Waals surface area contributed by atoms with Crippen LogP contribution in [0.4, 0.5) is 10.9 Å². The molecule has 6 N–H and O–H groups in total. The van der Waals surface area contributed by atoms with Crippen LogP contribution in [0.2, 0.25) is 0 Å². The van der Waals surface area contributed by atoms with Gasteiger partial charge < -0.3 is 36.8 Å². The van der Waals surface area contributed by atoms with Gasteiger partial charge in [0.1, 0.15) is 24.7 Å². The quantitative estimate of drug-likeness (QED) is 0.0848. The summed E-state index contributed by atoms with van der Waals surface area (Å²) in [5.41, 5.74) is 12.1. The number of aliphatic carboxylic acids is 1. The number of fused-ring (bicyclic) bond motifs is 2. The van der Waals surface area contributed by atoms with Crippen molar-refractivity contribution >= 4 is 75.8 Å². The van der Waals surface area contributed by atoms with E-state index in [0.717, 1.165) is 27.9 Å². The van der Waals surface area contributed by atoms with E-state index in [2.05, 4.69) is 25.1 Å². The van der Waals surface area contributed by atoms with Crippen LogP contribution in [0.3, 0.4) is 0 Å². The molecule has 0 unspecified atom stereocenters. The fourth-order valence-corrected chi connectivity index (χ4v) is 6.19. The van der Waals surface area contributed by atoms with Crippen molar-refractivity contribution in [2.45, 2.75) is 18.0 Å². The highest BCUT2D eigenvalue weighted by Gasteiger charge is 2.53. The average Bonchev–Trinajstić information content (AvgIpc) is 3.54. The van der Waals surface area contributed by atoms with Gasteiger partial charge in [-0.05, 0) is 11.6 Å². The molecule has 2 aliphatic heterocycles. The number of rotatable bonds is 10. The third-order valence-corrected chi connectivity index (χ3v) is 7.97. The van der Waals surface area contributed by atoms with Crippen LogP contribution in [0.25, 0.3) is 5.65 Å². The number of carbonyl (C=O) groups is 3. The third kappa shape index (κ3) is 5.27. The van der Waals surface area contributed by atoms with E-state index in [-0.39, 0.29) is 41.3 Å². The standard InChI is InChI=1S/C22H24N10O5S2.ClH/c1-37-28-14(17-27-22(24)39-29-17)18(33)26-15-19(34)32-16(21(35)36)11(10-38-20(15)32)9-30-7-8-31-12(25-6-5-23)3-2-4-13(30)31;/h2-4,7-8,15,20H,5-6,9-10,23H2,1H3,(H4,24,26,27,29,33,35,36);1H/b28-14-;/t15-,20+;/m1./s1. The highest BCUT2D eigenvalue weighted by atomic mass is 35.5. The molecule has 40 heavy (non-hydrogen) atoms. The number of carboxylic acid groups (broad SMARTS) is 1. The second kappa shape index (κ2) is 12.1. The van der Waals surface area contributed by atoms with Crippen LogP contribution in [0.5, 0.6) is 0 Å². The summed E-state index contributed by atoms with van der Waals surface area (Å²) in [6, 6.07) is 4.70. The Bertz CT molecular complexity index is 1520. The molecule has 1 fully saturated rings. The molecule has 0 spiro atoms. The molecule has 18 heteroatoms. The monoisotopic (exact) mass is 608 g/mol. The first-order chi connectivity index (χ1) is 18.8. The SMILES string of the molecule is CO/N=C(\C(=O)N[C@@H]1C(=O)N2C(C(=O)[O-])=C(Cn3cc[n+]4c(NCCN)cccc34)CS[C@@H]12)c1nsc(N)n1.Cl. The highest BCUT2D eigenvalue weighted by Crippen LogP contribution is 2.40. The molecular formula is C22H25ClN10O5S2. The minimum atomic E-state index is -1.47. The number of hydrogen-bond acceptors (Lipinski definition) is 13. The first-order valence-corrected chi connectivity index (χ1v) is 13.5. The lowest BCUT2D eigenvalue weighted by Crippen LogP contribution is -2.71. The molecule has 0 radical (unpaired) electrons. The third-order valence-electron chi connectivity index (χ3n) is 6.09. The second-order valence-corrected chi connectivity index (χ2v) is 10.3. The molecule has 0 aromatic carbocycles. The Morgan fingerprint density at radius 1 is 1.38 bits per heavy atom. The van der Waals surface area contributed by atoms with Gasteiger partial charge in [0.05, 0.1) is 31.0 Å². The Morgan fingerprint density at radius 2 is 2.17 bits per heavy atom. The zero-order chi connectivity index (χ0) is 27.7. The fourth-order valence-electron chi connectivity index (χ4n) is 4.42. The van der Waals surface area contributed by atoms with Crippen LogP contribution >= 0.6 is 35.7 Å². The van der Waals surface area contributed by atoms with Crippen molar-refractivity contribution < 1.29 is 28.7 Å². The highest BCUT2D eigenvalue weighted by molar-refractivity contribution is 8.00. The van der Waals surface area contributed by atoms with E-state index in [1.165, 1.54) is 18.9 Å². The number of β-lactam (4-membered cyclic amide) rings is 1. The maximum Gasteiger partial charge on any atom is 0.278 e. The summed E-state index contributed by atoms with van der Waals surface area (Å²) in [6.45, 7) is 1.29. The van der Waals surface area contributed by atoms with Gasteiger partial charge in [0.2, 0.25) is 23.0 Å². The number of nitrogens with two attached hydrogens (primary N) is 2. The van der Waals surface area contributed by atoms with Gasteiger partial charge in [-0.15, -0.1) is 24.2 Å². The summed E-state index contributed by atoms with van der Waals surface area (Å²) in [6.07, 6.45) is 3.69. The zero-order valence-electron chi connectivity index (χ0n) is 21.0. The number of nitrogen functional groups attached to an aromatic ring is 1. The molecule has 2 amide bonds. The van der Waals surface area contributed by atoms with Gasteiger partial charge in [-0.2, -0.15) is 9.36 Å². The lowest BCUT2D eigenvalue weighted by molar-refractivity contribution is -0.494. The van der Waals surface area contributed by atoms with Gasteiger partial charge in [0.15, 0.2) is 5.13 Å². The van der Waals surface area contributed by atoms with Gasteiger partial charge >= 0.3 is 0 Å². The molecule has 2 aliphatic rings. The van der Waals surface area contributed by atoms with Crippen molar-refractivity contribution in [3.05, 3.63) is 47.7 Å². The van der Waals surface area contributed by atoms with E-state index in [1.807, 2.05) is 39.6 Å². The maximum atomic E-state index is 13.1. The molecule has 0 aliphatic carbocycles. The Morgan fingerprint density at radius 3 is 2.85 bits per heavy atom. The van der Waals surface area contributed by atoms with Crippen LogP contribution in [-0.4, -0.2) is 79.7 Å². The minimum Gasteiger partial charge on any atom is -0.543 e. The molecule has 1 saturated heterocycles. The summed E-state index contributed by atoms with van der Waals surface area (Å²) in [5, 5.41) is 21.2. The smallest absolute Gasteiger partial charge is 0.278 e. The van der Waals surface area contributed by atoms with Crippen molar-refractivity contribution in [1.82, 2.24) is 24.1 Å². The van der Waals surface area contributed by atoms with E-state index in [9.17, 15) is 19.5 Å². The largest absolute Gasteiger partial charge is 0.543 e. The lowest BCUT2D eigenvalue weighted by atomic mass is 10.0. The van der Waals surface area contributed by atoms with E-state index >= 15 is 0 Å². The predicted molar refractivity (Wildman–Crippen MR) is 147 cm³/mol. The predicted octanol–water partition coefficient (Wildman–Crippen LogP) is -2.09. The van der Waals surface area contributed by atoms with Crippen molar-refractivity contribution in [1.29, 1.82) is 0 Å². The van der Waals surface area contributed by atoms with Crippen molar-refractivity contribution in [3.8, 4) is 0 Å². The number of hydrogen-bond donors (Lipinski definition) is 4. The number of carbonyl (C=O) groups excluding carboxylic acids is 3. The number of amides is 2. The van der Waals surface area contributed by atoms with E-state index in [4.69, 9.17) is 16.3 Å². The summed E-state index contributed by atoms with van der Waals surface area (Å²) in [4.78, 5) is 48.0. The summed E-state index contributed by atoms with van der Waals surface area (Å²) >= 11 is 2.21. The van der Waals surface area contributed by atoms with Gasteiger partial charge in [-0.1, -0.05) is 5.16 Å². The van der Waals surface area contributed by atoms with E-state index < -0.39 is 29.2 Å². The topological polar surface area (TPSA) is 210 Å². The van der Waals surface area contributed by atoms with Gasteiger partial charge in [-0.25, -0.2) is 4.40 Å². The van der Waals surface area contributed by atoms with Crippen molar-refractivity contribution in [2.24, 2.45) is 10.9 Å². The zero-order valence-corrected chi connectivity index (χ0v) is 23.4. The minimum absolute atomic E-state index is 0. The molecule has 0 bridgehead atoms. The number of pyridine rings is 1. The van der Waals surface area contributed by atoms with Crippen LogP contribution < -0.4 is 31.6 Å². The summed E-state index contributed by atoms with van der Waals surface area (Å²) in [7, 11) is 1.25. The maximum absolute atomic E-state index is 13.1. The number of oxime groups is 1. The average molecular weight is 609 g/mol. The molecule has 212 valence electrons. The number of nitrogens with one attached hydrogen (secondary N) is 2. The van der Waals surface area contributed by atoms with Crippen molar-refractivity contribution in [3.63, 3.8) is 0 Å². The van der Waals surface area contributed by atoms with Crippen LogP contribution in [0.15, 0.2) is 47.0 Å². The molecule has 15 nitrogen and oxygen atoms in total. The Kier molecular flexibility index (Phi) is 8.77. The number of thioether (sulfide) groups is 1. The molecular weight excluding hydrogens is 584 g/mol.